The van der Waals surface area contributed by atoms with Crippen molar-refractivity contribution in [3.05, 3.63) is 96.4 Å². The van der Waals surface area contributed by atoms with Crippen LogP contribution in [0.15, 0.2) is 74.1 Å². The first-order valence-electron chi connectivity index (χ1n) is 14.6. The molecule has 2 N–H and O–H groups in total. The van der Waals surface area contributed by atoms with E-state index in [9.17, 15) is 0 Å². The van der Waals surface area contributed by atoms with E-state index < -0.39 is 0 Å². The van der Waals surface area contributed by atoms with Crippen molar-refractivity contribution in [3.8, 4) is 5.75 Å². The van der Waals surface area contributed by atoms with Gasteiger partial charge in [0.1, 0.15) is 5.75 Å². The number of fused-ring (bicyclic) bond motifs is 3. The molecule has 0 amide bonds. The number of piperidine rings is 1. The summed E-state index contributed by atoms with van der Waals surface area (Å²) in [6, 6.07) is 16.0. The molecule has 6 rings (SSSR count). The second-order valence-electron chi connectivity index (χ2n) is 10.9. The van der Waals surface area contributed by atoms with Gasteiger partial charge in [-0.05, 0) is 60.1 Å². The standard InChI is InChI=1S/C33H39N7O/c1-4-16-34-33-37-31(30-32(38-33)40(17-5-2)22-36-30)39-18-14-25(15-19-39)35-21-29-27-9-7-6-8-23(27)10-11-24-20-26(41-3)12-13-28(24)29/h4-9,12-13,20,22,25,29,35H,1-2,10-11,14-19,21H2,3H3,(H,34,37,38). The number of ether oxygens (including phenoxy) is 1. The predicted molar refractivity (Wildman–Crippen MR) is 166 cm³/mol. The van der Waals surface area contributed by atoms with E-state index in [1.165, 1.54) is 22.3 Å². The molecule has 3 heterocycles. The Labute approximate surface area is 242 Å². The molecule has 1 unspecified atom stereocenters. The molecule has 1 aliphatic heterocycles. The molecule has 0 saturated carbocycles. The summed E-state index contributed by atoms with van der Waals surface area (Å²) in [7, 11) is 1.75. The Morgan fingerprint density at radius 1 is 1.00 bits per heavy atom. The zero-order chi connectivity index (χ0) is 28.2. The maximum atomic E-state index is 5.55. The summed E-state index contributed by atoms with van der Waals surface area (Å²) in [5.74, 6) is 2.75. The zero-order valence-corrected chi connectivity index (χ0v) is 23.9. The number of hydrogen-bond donors (Lipinski definition) is 2. The molecule has 41 heavy (non-hydrogen) atoms. The Bertz CT molecular complexity index is 1540. The number of benzene rings is 2. The molecule has 1 atom stereocenters. The van der Waals surface area contributed by atoms with E-state index >= 15 is 0 Å². The van der Waals surface area contributed by atoms with Crippen molar-refractivity contribution in [2.24, 2.45) is 0 Å². The van der Waals surface area contributed by atoms with Gasteiger partial charge >= 0.3 is 0 Å². The number of rotatable bonds is 10. The summed E-state index contributed by atoms with van der Waals surface area (Å²) in [5, 5.41) is 7.22. The molecule has 212 valence electrons. The van der Waals surface area contributed by atoms with E-state index in [0.29, 0.717) is 31.0 Å². The van der Waals surface area contributed by atoms with Crippen LogP contribution in [0.4, 0.5) is 11.8 Å². The number of aryl methyl sites for hydroxylation is 2. The van der Waals surface area contributed by atoms with Crippen LogP contribution in [-0.4, -0.2) is 58.8 Å². The largest absolute Gasteiger partial charge is 0.497 e. The number of methoxy groups -OCH3 is 1. The van der Waals surface area contributed by atoms with E-state index in [1.807, 2.05) is 23.0 Å². The highest BCUT2D eigenvalue weighted by Crippen LogP contribution is 2.36. The predicted octanol–water partition coefficient (Wildman–Crippen LogP) is 5.11. The Hall–Kier alpha value is -4.17. The SMILES string of the molecule is C=CCNc1nc(N2CCC(NCC3c4ccccc4CCc4cc(OC)ccc43)CC2)c2ncn(CC=C)c2n1. The maximum Gasteiger partial charge on any atom is 0.227 e. The molecule has 0 bridgehead atoms. The van der Waals surface area contributed by atoms with Gasteiger partial charge < -0.3 is 24.8 Å². The lowest BCUT2D eigenvalue weighted by Gasteiger charge is -2.34. The summed E-state index contributed by atoms with van der Waals surface area (Å²) in [5.41, 5.74) is 7.37. The van der Waals surface area contributed by atoms with Crippen molar-refractivity contribution in [1.82, 2.24) is 24.8 Å². The highest BCUT2D eigenvalue weighted by atomic mass is 16.5. The van der Waals surface area contributed by atoms with Crippen LogP contribution >= 0.6 is 0 Å². The summed E-state index contributed by atoms with van der Waals surface area (Å²) < 4.78 is 7.57. The van der Waals surface area contributed by atoms with Gasteiger partial charge in [-0.1, -0.05) is 42.5 Å². The summed E-state index contributed by atoms with van der Waals surface area (Å²) in [6.45, 7) is 11.7. The third kappa shape index (κ3) is 5.57. The number of anilines is 2. The zero-order valence-electron chi connectivity index (χ0n) is 23.9. The second-order valence-corrected chi connectivity index (χ2v) is 10.9. The van der Waals surface area contributed by atoms with Crippen molar-refractivity contribution in [2.75, 3.05) is 43.5 Å². The first-order chi connectivity index (χ1) is 20.2. The van der Waals surface area contributed by atoms with E-state index in [-0.39, 0.29) is 0 Å². The van der Waals surface area contributed by atoms with Gasteiger partial charge in [0.05, 0.1) is 13.4 Å². The van der Waals surface area contributed by atoms with Gasteiger partial charge in [-0.25, -0.2) is 4.98 Å². The van der Waals surface area contributed by atoms with Crippen molar-refractivity contribution in [2.45, 2.75) is 44.2 Å². The van der Waals surface area contributed by atoms with Crippen molar-refractivity contribution < 1.29 is 4.74 Å². The minimum Gasteiger partial charge on any atom is -0.497 e. The maximum absolute atomic E-state index is 5.55. The fraction of sp³-hybridized carbons (Fsp3) is 0.364. The first kappa shape index (κ1) is 27.0. The van der Waals surface area contributed by atoms with Gasteiger partial charge in [0, 0.05) is 44.7 Å². The smallest absolute Gasteiger partial charge is 0.227 e. The van der Waals surface area contributed by atoms with Crippen molar-refractivity contribution in [3.63, 3.8) is 0 Å². The van der Waals surface area contributed by atoms with Crippen molar-refractivity contribution >= 4 is 22.9 Å². The molecule has 2 aromatic heterocycles. The van der Waals surface area contributed by atoms with Gasteiger partial charge in [0.15, 0.2) is 17.0 Å². The van der Waals surface area contributed by atoms with Gasteiger partial charge in [-0.15, -0.1) is 13.2 Å². The molecule has 2 aliphatic rings. The van der Waals surface area contributed by atoms with Crippen LogP contribution < -0.4 is 20.3 Å². The number of nitrogens with one attached hydrogen (secondary N) is 2. The monoisotopic (exact) mass is 549 g/mol. The minimum atomic E-state index is 0.321. The van der Waals surface area contributed by atoms with Crippen LogP contribution in [0.2, 0.25) is 0 Å². The third-order valence-electron chi connectivity index (χ3n) is 8.40. The molecular weight excluding hydrogens is 510 g/mol. The normalized spacial score (nSPS) is 17.0. The summed E-state index contributed by atoms with van der Waals surface area (Å²) >= 11 is 0. The number of hydrogen-bond acceptors (Lipinski definition) is 7. The average Bonchev–Trinajstić information content (AvgIpc) is 3.34. The van der Waals surface area contributed by atoms with Crippen molar-refractivity contribution in [1.29, 1.82) is 0 Å². The molecule has 0 radical (unpaired) electrons. The lowest BCUT2D eigenvalue weighted by Crippen LogP contribution is -2.44. The van der Waals surface area contributed by atoms with Crippen LogP contribution in [0.5, 0.6) is 5.75 Å². The fourth-order valence-corrected chi connectivity index (χ4v) is 6.27. The highest BCUT2D eigenvalue weighted by molar-refractivity contribution is 5.85. The molecule has 1 aliphatic carbocycles. The van der Waals surface area contributed by atoms with Crippen LogP contribution in [0.25, 0.3) is 11.2 Å². The number of nitrogens with zero attached hydrogens (tertiary/aromatic N) is 5. The van der Waals surface area contributed by atoms with Gasteiger partial charge in [-0.3, -0.25) is 0 Å². The topological polar surface area (TPSA) is 80.1 Å². The van der Waals surface area contributed by atoms with E-state index in [2.05, 4.69) is 71.2 Å². The Kier molecular flexibility index (Phi) is 8.00. The molecule has 1 fully saturated rings. The fourth-order valence-electron chi connectivity index (χ4n) is 6.27. The summed E-state index contributed by atoms with van der Waals surface area (Å²) in [6.07, 6.45) is 9.68. The lowest BCUT2D eigenvalue weighted by molar-refractivity contribution is 0.407. The molecule has 2 aromatic carbocycles. The van der Waals surface area contributed by atoms with Crippen LogP contribution in [0.1, 0.15) is 41.0 Å². The Morgan fingerprint density at radius 2 is 1.80 bits per heavy atom. The number of aromatic nitrogens is 4. The van der Waals surface area contributed by atoms with Gasteiger partial charge in [-0.2, -0.15) is 9.97 Å². The minimum absolute atomic E-state index is 0.321. The van der Waals surface area contributed by atoms with Crippen LogP contribution in [0, 0.1) is 0 Å². The number of imidazole rings is 1. The highest BCUT2D eigenvalue weighted by Gasteiger charge is 2.27. The Morgan fingerprint density at radius 3 is 2.61 bits per heavy atom. The van der Waals surface area contributed by atoms with Crippen LogP contribution in [0.3, 0.4) is 0 Å². The molecular formula is C33H39N7O. The number of allylic oxidation sites excluding steroid dienone is 1. The lowest BCUT2D eigenvalue weighted by atomic mass is 9.87. The van der Waals surface area contributed by atoms with E-state index in [1.54, 1.807) is 7.11 Å². The summed E-state index contributed by atoms with van der Waals surface area (Å²) in [4.78, 5) is 16.7. The van der Waals surface area contributed by atoms with Crippen LogP contribution in [-0.2, 0) is 19.4 Å². The quantitative estimate of drug-likeness (QED) is 0.266. The third-order valence-corrected chi connectivity index (χ3v) is 8.40. The average molecular weight is 550 g/mol. The van der Waals surface area contributed by atoms with E-state index in [0.717, 1.165) is 68.0 Å². The molecule has 8 nitrogen and oxygen atoms in total. The molecule has 4 aromatic rings. The van der Waals surface area contributed by atoms with E-state index in [4.69, 9.17) is 19.7 Å². The first-order valence-corrected chi connectivity index (χ1v) is 14.6. The Balaban J connectivity index is 1.18. The molecule has 0 spiro atoms. The van der Waals surface area contributed by atoms with Gasteiger partial charge in [0.2, 0.25) is 5.95 Å². The molecule has 8 heteroatoms. The second kappa shape index (κ2) is 12.1. The van der Waals surface area contributed by atoms with Gasteiger partial charge in [0.25, 0.3) is 0 Å². The molecule has 1 saturated heterocycles.